The summed E-state index contributed by atoms with van der Waals surface area (Å²) in [5.74, 6) is 1.87. The number of fused-ring (bicyclic) bond motifs is 9. The van der Waals surface area contributed by atoms with E-state index in [0.717, 1.165) is 60.4 Å². The smallest absolute Gasteiger partial charge is 0.238 e. The average Bonchev–Trinajstić information content (AvgIpc) is 3.75. The first-order valence-corrected chi connectivity index (χ1v) is 15.0. The summed E-state index contributed by atoms with van der Waals surface area (Å²) in [6.45, 7) is 0. The van der Waals surface area contributed by atoms with Crippen molar-refractivity contribution in [3.63, 3.8) is 0 Å². The van der Waals surface area contributed by atoms with Crippen molar-refractivity contribution >= 4 is 65.4 Å². The predicted molar refractivity (Wildman–Crippen MR) is 184 cm³/mol. The van der Waals surface area contributed by atoms with Crippen LogP contribution in [-0.4, -0.2) is 29.5 Å². The fraction of sp³-hybridized carbons (Fsp3) is 0. The van der Waals surface area contributed by atoms with Crippen LogP contribution in [-0.2, 0) is 0 Å². The Morgan fingerprint density at radius 1 is 0.378 bits per heavy atom. The molecule has 0 fully saturated rings. The highest BCUT2D eigenvalue weighted by Crippen LogP contribution is 2.38. The number of aromatic nitrogens is 6. The first-order valence-electron chi connectivity index (χ1n) is 15.0. The highest BCUT2D eigenvalue weighted by atomic mass is 15.2. The fourth-order valence-electron chi connectivity index (χ4n) is 6.82. The molecule has 0 unspecified atom stereocenters. The SMILES string of the molecule is c1ccc(-c2nc(-c3ccccc3)nc(-n3c4ccccc4c4cc5[nH]c6cc7c(cc6c5cc43)[nH]c3ccccc37)n2)cc1. The van der Waals surface area contributed by atoms with E-state index >= 15 is 0 Å². The van der Waals surface area contributed by atoms with Crippen molar-refractivity contribution in [2.24, 2.45) is 0 Å². The van der Waals surface area contributed by atoms with Gasteiger partial charge < -0.3 is 9.97 Å². The molecule has 0 spiro atoms. The fourth-order valence-corrected chi connectivity index (χ4v) is 6.82. The number of hydrogen-bond acceptors (Lipinski definition) is 3. The van der Waals surface area contributed by atoms with E-state index in [0.29, 0.717) is 17.6 Å². The lowest BCUT2D eigenvalue weighted by molar-refractivity contribution is 0.954. The second-order valence-electron chi connectivity index (χ2n) is 11.5. The zero-order chi connectivity index (χ0) is 29.5. The molecule has 6 heteroatoms. The lowest BCUT2D eigenvalue weighted by Gasteiger charge is -2.11. The Bertz CT molecular complexity index is 2690. The molecule has 2 N–H and O–H groups in total. The zero-order valence-corrected chi connectivity index (χ0v) is 24.0. The van der Waals surface area contributed by atoms with Gasteiger partial charge in [-0.1, -0.05) is 97.1 Å². The van der Waals surface area contributed by atoms with E-state index in [4.69, 9.17) is 15.0 Å². The van der Waals surface area contributed by atoms with E-state index in [1.807, 2.05) is 60.7 Å². The highest BCUT2D eigenvalue weighted by Gasteiger charge is 2.19. The maximum Gasteiger partial charge on any atom is 0.238 e. The van der Waals surface area contributed by atoms with Crippen molar-refractivity contribution < 1.29 is 0 Å². The topological polar surface area (TPSA) is 75.2 Å². The van der Waals surface area contributed by atoms with Crippen LogP contribution < -0.4 is 0 Å². The molecule has 6 aromatic carbocycles. The Kier molecular flexibility index (Phi) is 4.90. The molecule has 0 bridgehead atoms. The number of nitrogens with zero attached hydrogens (tertiary/aromatic N) is 4. The van der Waals surface area contributed by atoms with Crippen LogP contribution in [0.15, 0.2) is 133 Å². The molecule has 0 aliphatic heterocycles. The van der Waals surface area contributed by atoms with Crippen LogP contribution in [0.5, 0.6) is 0 Å². The lowest BCUT2D eigenvalue weighted by Crippen LogP contribution is -2.06. The van der Waals surface area contributed by atoms with Gasteiger partial charge in [0, 0.05) is 65.5 Å². The Morgan fingerprint density at radius 2 is 0.889 bits per heavy atom. The maximum atomic E-state index is 5.10. The largest absolute Gasteiger partial charge is 0.354 e. The van der Waals surface area contributed by atoms with Crippen molar-refractivity contribution in [1.29, 1.82) is 0 Å². The van der Waals surface area contributed by atoms with Gasteiger partial charge in [-0.25, -0.2) is 4.98 Å². The quantitative estimate of drug-likeness (QED) is 0.220. The number of H-pyrrole nitrogens is 2. The molecule has 6 nitrogen and oxygen atoms in total. The number of aromatic amines is 2. The van der Waals surface area contributed by atoms with E-state index < -0.39 is 0 Å². The van der Waals surface area contributed by atoms with Gasteiger partial charge in [0.15, 0.2) is 11.6 Å². The highest BCUT2D eigenvalue weighted by molar-refractivity contribution is 6.21. The first-order chi connectivity index (χ1) is 22.3. The summed E-state index contributed by atoms with van der Waals surface area (Å²) in [5, 5.41) is 7.07. The van der Waals surface area contributed by atoms with E-state index in [2.05, 4.69) is 87.3 Å². The monoisotopic (exact) mass is 576 g/mol. The summed E-state index contributed by atoms with van der Waals surface area (Å²) in [6, 6.07) is 46.3. The summed E-state index contributed by atoms with van der Waals surface area (Å²) in [6.07, 6.45) is 0. The van der Waals surface area contributed by atoms with Crippen LogP contribution in [0.25, 0.3) is 94.1 Å². The van der Waals surface area contributed by atoms with Crippen LogP contribution in [0.2, 0.25) is 0 Å². The van der Waals surface area contributed by atoms with Gasteiger partial charge in [-0.3, -0.25) is 4.57 Å². The normalized spacial score (nSPS) is 12.0. The summed E-state index contributed by atoms with van der Waals surface area (Å²) in [5.41, 5.74) is 8.47. The third-order valence-corrected chi connectivity index (χ3v) is 8.90. The molecule has 0 saturated heterocycles. The van der Waals surface area contributed by atoms with Crippen molar-refractivity contribution in [3.8, 4) is 28.7 Å². The van der Waals surface area contributed by atoms with Gasteiger partial charge >= 0.3 is 0 Å². The number of nitrogens with one attached hydrogen (secondary N) is 2. The minimum Gasteiger partial charge on any atom is -0.354 e. The van der Waals surface area contributed by atoms with Crippen LogP contribution in [0, 0.1) is 0 Å². The summed E-state index contributed by atoms with van der Waals surface area (Å²) < 4.78 is 2.19. The molecule has 0 amide bonds. The van der Waals surface area contributed by atoms with Crippen molar-refractivity contribution in [3.05, 3.63) is 133 Å². The van der Waals surface area contributed by atoms with Gasteiger partial charge in [-0.05, 0) is 36.4 Å². The van der Waals surface area contributed by atoms with Gasteiger partial charge in [0.25, 0.3) is 0 Å². The van der Waals surface area contributed by atoms with E-state index in [1.165, 1.54) is 16.2 Å². The van der Waals surface area contributed by atoms with Crippen LogP contribution in [0.3, 0.4) is 0 Å². The summed E-state index contributed by atoms with van der Waals surface area (Å²) in [4.78, 5) is 22.5. The molecule has 0 atom stereocenters. The maximum absolute atomic E-state index is 5.10. The van der Waals surface area contributed by atoms with E-state index in [1.54, 1.807) is 0 Å². The van der Waals surface area contributed by atoms with Crippen molar-refractivity contribution in [2.45, 2.75) is 0 Å². The van der Waals surface area contributed by atoms with Gasteiger partial charge in [0.05, 0.1) is 11.0 Å². The molecule has 4 aromatic heterocycles. The molecule has 0 aliphatic carbocycles. The number of rotatable bonds is 3. The van der Waals surface area contributed by atoms with Gasteiger partial charge in [-0.15, -0.1) is 0 Å². The standard InChI is InChI=1S/C39H24N6/c1-3-11-23(12-4-1)37-42-38(24-13-5-2-6-14-24)44-39(43-37)45-35-18-10-8-16-26(35)30-21-34-29(22-36(30)45)28-20-32-27(19-33(28)41-34)25-15-7-9-17-31(25)40-32/h1-22,40-41H. The molecule has 0 aliphatic rings. The molecule has 10 rings (SSSR count). The second kappa shape index (κ2) is 9.11. The minimum absolute atomic E-state index is 0.589. The minimum atomic E-state index is 0.589. The third-order valence-electron chi connectivity index (χ3n) is 8.90. The van der Waals surface area contributed by atoms with Gasteiger partial charge in [0.2, 0.25) is 5.95 Å². The molecule has 4 heterocycles. The first kappa shape index (κ1) is 24.2. The third kappa shape index (κ3) is 3.60. The molecule has 0 saturated carbocycles. The van der Waals surface area contributed by atoms with Crippen molar-refractivity contribution in [1.82, 2.24) is 29.5 Å². The molecule has 210 valence electrons. The molecular formula is C39H24N6. The van der Waals surface area contributed by atoms with Crippen LogP contribution in [0.1, 0.15) is 0 Å². The lowest BCUT2D eigenvalue weighted by atomic mass is 10.1. The average molecular weight is 577 g/mol. The summed E-state index contributed by atoms with van der Waals surface area (Å²) >= 11 is 0. The molecule has 0 radical (unpaired) electrons. The predicted octanol–water partition coefficient (Wildman–Crippen LogP) is 9.57. The number of hydrogen-bond donors (Lipinski definition) is 2. The van der Waals surface area contributed by atoms with E-state index in [9.17, 15) is 0 Å². The van der Waals surface area contributed by atoms with Crippen LogP contribution >= 0.6 is 0 Å². The molecular weight excluding hydrogens is 552 g/mol. The van der Waals surface area contributed by atoms with E-state index in [-0.39, 0.29) is 0 Å². The molecule has 45 heavy (non-hydrogen) atoms. The zero-order valence-electron chi connectivity index (χ0n) is 24.0. The Labute approximate surface area is 256 Å². The second-order valence-corrected chi connectivity index (χ2v) is 11.5. The number of benzene rings is 6. The van der Waals surface area contributed by atoms with Crippen molar-refractivity contribution in [2.75, 3.05) is 0 Å². The number of para-hydroxylation sites is 2. The van der Waals surface area contributed by atoms with Gasteiger partial charge in [-0.2, -0.15) is 9.97 Å². The molecule has 10 aromatic rings. The Balaban J connectivity index is 1.29. The van der Waals surface area contributed by atoms with Crippen LogP contribution in [0.4, 0.5) is 0 Å². The summed E-state index contributed by atoms with van der Waals surface area (Å²) in [7, 11) is 0. The Morgan fingerprint density at radius 3 is 1.58 bits per heavy atom. The van der Waals surface area contributed by atoms with Gasteiger partial charge in [0.1, 0.15) is 0 Å². The Hall–Kier alpha value is -6.27.